The SMILES string of the molecule is CCCCC/C=C\C=C/CCCCCCC(O)CC(=O)NC(CO)C(O)CCCCCCCCCCCCCCCCCCCCCCCC. The molecule has 3 unspecified atom stereocenters. The largest absolute Gasteiger partial charge is 0.394 e. The second kappa shape index (κ2) is 40.6. The van der Waals surface area contributed by atoms with Crippen LogP contribution < -0.4 is 5.32 Å². The van der Waals surface area contributed by atoms with E-state index in [2.05, 4.69) is 43.5 Å². The molecule has 0 heterocycles. The van der Waals surface area contributed by atoms with Crippen molar-refractivity contribution in [1.29, 1.82) is 0 Å². The maximum atomic E-state index is 12.4. The van der Waals surface area contributed by atoms with Crippen molar-refractivity contribution in [2.45, 2.75) is 250 Å². The molecule has 4 N–H and O–H groups in total. The fourth-order valence-electron chi connectivity index (χ4n) is 6.87. The lowest BCUT2D eigenvalue weighted by atomic mass is 10.0. The van der Waals surface area contributed by atoms with Gasteiger partial charge >= 0.3 is 0 Å². The standard InChI is InChI=1S/C45H87NO4/c1-3-5-7-9-11-13-15-17-18-19-20-21-22-23-24-25-27-29-31-33-35-37-39-44(49)43(41-47)46-45(50)40-42(48)38-36-34-32-30-28-26-16-14-12-10-8-6-4-2/h12,14,16,26,42-44,47-49H,3-11,13,15,17-25,27-41H2,1-2H3,(H,46,50)/b14-12-,26-16-. The Bertz CT molecular complexity index is 739. The van der Waals surface area contributed by atoms with E-state index < -0.39 is 18.2 Å². The average molecular weight is 706 g/mol. The summed E-state index contributed by atoms with van der Waals surface area (Å²) in [5.41, 5.74) is 0. The third-order valence-electron chi connectivity index (χ3n) is 10.3. The van der Waals surface area contributed by atoms with Crippen molar-refractivity contribution in [1.82, 2.24) is 5.32 Å². The summed E-state index contributed by atoms with van der Waals surface area (Å²) in [6.45, 7) is 4.23. The first-order valence-corrected chi connectivity index (χ1v) is 22.1. The van der Waals surface area contributed by atoms with E-state index in [-0.39, 0.29) is 18.9 Å². The van der Waals surface area contributed by atoms with Crippen LogP contribution in [-0.4, -0.2) is 46.1 Å². The first kappa shape index (κ1) is 48.8. The van der Waals surface area contributed by atoms with Gasteiger partial charge in [-0.3, -0.25) is 4.79 Å². The molecule has 0 aliphatic rings. The predicted molar refractivity (Wildman–Crippen MR) is 218 cm³/mol. The van der Waals surface area contributed by atoms with E-state index in [0.717, 1.165) is 44.9 Å². The number of amides is 1. The molecule has 0 saturated carbocycles. The minimum atomic E-state index is -0.753. The van der Waals surface area contributed by atoms with E-state index in [1.807, 2.05) is 0 Å². The Morgan fingerprint density at radius 3 is 1.26 bits per heavy atom. The molecule has 0 bridgehead atoms. The number of hydrogen-bond acceptors (Lipinski definition) is 4. The Morgan fingerprint density at radius 2 is 0.840 bits per heavy atom. The first-order valence-electron chi connectivity index (χ1n) is 22.1. The van der Waals surface area contributed by atoms with Gasteiger partial charge in [-0.2, -0.15) is 0 Å². The van der Waals surface area contributed by atoms with Crippen LogP contribution in [0.3, 0.4) is 0 Å². The number of allylic oxidation sites excluding steroid dienone is 4. The van der Waals surface area contributed by atoms with Crippen molar-refractivity contribution in [3.8, 4) is 0 Å². The van der Waals surface area contributed by atoms with Crippen LogP contribution in [0, 0.1) is 0 Å². The molecule has 0 rings (SSSR count). The van der Waals surface area contributed by atoms with E-state index in [1.165, 1.54) is 154 Å². The summed E-state index contributed by atoms with van der Waals surface area (Å²) >= 11 is 0. The molecule has 5 heteroatoms. The van der Waals surface area contributed by atoms with E-state index in [1.54, 1.807) is 0 Å². The van der Waals surface area contributed by atoms with Crippen LogP contribution in [0.15, 0.2) is 24.3 Å². The molecule has 0 fully saturated rings. The molecule has 0 aromatic heterocycles. The van der Waals surface area contributed by atoms with Gasteiger partial charge in [-0.05, 0) is 38.5 Å². The molecule has 3 atom stereocenters. The molecule has 5 nitrogen and oxygen atoms in total. The van der Waals surface area contributed by atoms with Gasteiger partial charge in [0.25, 0.3) is 0 Å². The fourth-order valence-corrected chi connectivity index (χ4v) is 6.87. The topological polar surface area (TPSA) is 89.8 Å². The summed E-state index contributed by atoms with van der Waals surface area (Å²) in [7, 11) is 0. The van der Waals surface area contributed by atoms with Crippen molar-refractivity contribution >= 4 is 5.91 Å². The van der Waals surface area contributed by atoms with Crippen LogP contribution in [0.25, 0.3) is 0 Å². The zero-order chi connectivity index (χ0) is 36.6. The third kappa shape index (κ3) is 36.6. The van der Waals surface area contributed by atoms with Gasteiger partial charge in [-0.15, -0.1) is 0 Å². The molecule has 0 aliphatic carbocycles. The quantitative estimate of drug-likeness (QED) is 0.0377. The van der Waals surface area contributed by atoms with E-state index >= 15 is 0 Å². The Morgan fingerprint density at radius 1 is 0.500 bits per heavy atom. The molecule has 50 heavy (non-hydrogen) atoms. The zero-order valence-corrected chi connectivity index (χ0v) is 33.5. The van der Waals surface area contributed by atoms with Gasteiger partial charge in [-0.1, -0.05) is 212 Å². The normalized spacial score (nSPS) is 13.8. The Hall–Kier alpha value is -1.17. The maximum absolute atomic E-state index is 12.4. The molecule has 0 radical (unpaired) electrons. The molecule has 1 amide bonds. The van der Waals surface area contributed by atoms with E-state index in [0.29, 0.717) is 12.8 Å². The summed E-state index contributed by atoms with van der Waals surface area (Å²) in [4.78, 5) is 12.4. The summed E-state index contributed by atoms with van der Waals surface area (Å²) in [6, 6.07) is -0.663. The van der Waals surface area contributed by atoms with Gasteiger partial charge in [0.2, 0.25) is 5.91 Å². The van der Waals surface area contributed by atoms with Crippen molar-refractivity contribution in [2.24, 2.45) is 0 Å². The molecule has 0 saturated heterocycles. The molecule has 296 valence electrons. The predicted octanol–water partition coefficient (Wildman–Crippen LogP) is 12.6. The number of unbranched alkanes of at least 4 members (excludes halogenated alkanes) is 28. The summed E-state index contributed by atoms with van der Waals surface area (Å²) in [6.07, 6.45) is 48.6. The van der Waals surface area contributed by atoms with Gasteiger partial charge in [-0.25, -0.2) is 0 Å². The number of aliphatic hydroxyl groups excluding tert-OH is 3. The number of nitrogens with one attached hydrogen (secondary N) is 1. The van der Waals surface area contributed by atoms with Gasteiger partial charge in [0.05, 0.1) is 31.3 Å². The molecule has 0 aromatic rings. The number of aliphatic hydroxyl groups is 3. The van der Waals surface area contributed by atoms with Crippen LogP contribution in [0.5, 0.6) is 0 Å². The molecular formula is C45H87NO4. The van der Waals surface area contributed by atoms with Gasteiger partial charge in [0, 0.05) is 0 Å². The van der Waals surface area contributed by atoms with Crippen molar-refractivity contribution in [3.63, 3.8) is 0 Å². The van der Waals surface area contributed by atoms with Gasteiger partial charge < -0.3 is 20.6 Å². The summed E-state index contributed by atoms with van der Waals surface area (Å²) in [5.74, 6) is -0.294. The van der Waals surface area contributed by atoms with Crippen LogP contribution in [0.2, 0.25) is 0 Å². The monoisotopic (exact) mass is 706 g/mol. The van der Waals surface area contributed by atoms with E-state index in [4.69, 9.17) is 0 Å². The number of hydrogen-bond donors (Lipinski definition) is 4. The number of carbonyl (C=O) groups excluding carboxylic acids is 1. The Balaban J connectivity index is 3.60. The molecule has 0 aliphatic heterocycles. The lowest BCUT2D eigenvalue weighted by molar-refractivity contribution is -0.125. The second-order valence-corrected chi connectivity index (χ2v) is 15.3. The summed E-state index contributed by atoms with van der Waals surface area (Å²) < 4.78 is 0. The first-order chi connectivity index (χ1) is 24.5. The number of rotatable bonds is 40. The highest BCUT2D eigenvalue weighted by Gasteiger charge is 2.21. The summed E-state index contributed by atoms with van der Waals surface area (Å²) in [5, 5.41) is 33.4. The van der Waals surface area contributed by atoms with Crippen LogP contribution in [0.1, 0.15) is 232 Å². The molecule has 0 spiro atoms. The molecular weight excluding hydrogens is 618 g/mol. The minimum absolute atomic E-state index is 0.0238. The van der Waals surface area contributed by atoms with Gasteiger partial charge in [0.15, 0.2) is 0 Å². The highest BCUT2D eigenvalue weighted by Crippen LogP contribution is 2.16. The smallest absolute Gasteiger partial charge is 0.222 e. The average Bonchev–Trinajstić information content (AvgIpc) is 3.11. The van der Waals surface area contributed by atoms with Crippen LogP contribution in [0.4, 0.5) is 0 Å². The van der Waals surface area contributed by atoms with Crippen molar-refractivity contribution < 1.29 is 20.1 Å². The lowest BCUT2D eigenvalue weighted by Crippen LogP contribution is -2.46. The van der Waals surface area contributed by atoms with Crippen LogP contribution >= 0.6 is 0 Å². The van der Waals surface area contributed by atoms with E-state index in [9.17, 15) is 20.1 Å². The van der Waals surface area contributed by atoms with Crippen LogP contribution in [-0.2, 0) is 4.79 Å². The third-order valence-corrected chi connectivity index (χ3v) is 10.3. The van der Waals surface area contributed by atoms with Crippen molar-refractivity contribution in [3.05, 3.63) is 24.3 Å². The highest BCUT2D eigenvalue weighted by atomic mass is 16.3. The molecule has 0 aromatic carbocycles. The minimum Gasteiger partial charge on any atom is -0.394 e. The maximum Gasteiger partial charge on any atom is 0.222 e. The lowest BCUT2D eigenvalue weighted by Gasteiger charge is -2.23. The number of carbonyl (C=O) groups is 1. The Kier molecular flexibility index (Phi) is 39.6. The van der Waals surface area contributed by atoms with Gasteiger partial charge in [0.1, 0.15) is 0 Å². The Labute approximate surface area is 312 Å². The highest BCUT2D eigenvalue weighted by molar-refractivity contribution is 5.76. The van der Waals surface area contributed by atoms with Crippen molar-refractivity contribution in [2.75, 3.05) is 6.61 Å². The fraction of sp³-hybridized carbons (Fsp3) is 0.889. The second-order valence-electron chi connectivity index (χ2n) is 15.3. The zero-order valence-electron chi connectivity index (χ0n) is 33.5.